The number of nitriles is 1. The molecule has 20 heavy (non-hydrogen) atoms. The molecule has 1 N–H and O–H groups in total. The number of benzene rings is 1. The lowest BCUT2D eigenvalue weighted by atomic mass is 10.1. The molecule has 0 fully saturated rings. The van der Waals surface area contributed by atoms with Crippen molar-refractivity contribution in [3.05, 3.63) is 46.8 Å². The van der Waals surface area contributed by atoms with Crippen LogP contribution in [0.2, 0.25) is 0 Å². The van der Waals surface area contributed by atoms with Gasteiger partial charge >= 0.3 is 0 Å². The third-order valence-corrected chi connectivity index (χ3v) is 3.20. The second kappa shape index (κ2) is 5.57. The molecule has 102 valence electrons. The van der Waals surface area contributed by atoms with Crippen LogP contribution in [-0.2, 0) is 6.54 Å². The molecule has 2 rings (SSSR count). The molecule has 0 radical (unpaired) electrons. The van der Waals surface area contributed by atoms with Crippen molar-refractivity contribution >= 4 is 11.6 Å². The van der Waals surface area contributed by atoms with E-state index in [9.17, 15) is 4.79 Å². The standard InChI is InChI=1S/C15H16N4O/c1-4-19-11(3)14(10(2)18-19)15(20)17-13-8-6-5-7-12(13)9-16/h5-8H,4H2,1-3H3,(H,17,20). The first-order valence-electron chi connectivity index (χ1n) is 6.43. The molecule has 1 aromatic carbocycles. The highest BCUT2D eigenvalue weighted by atomic mass is 16.1. The van der Waals surface area contributed by atoms with Crippen LogP contribution >= 0.6 is 0 Å². The van der Waals surface area contributed by atoms with Gasteiger partial charge < -0.3 is 5.32 Å². The summed E-state index contributed by atoms with van der Waals surface area (Å²) in [6.45, 7) is 6.37. The van der Waals surface area contributed by atoms with Crippen LogP contribution in [0.1, 0.15) is 34.2 Å². The first-order chi connectivity index (χ1) is 9.58. The van der Waals surface area contributed by atoms with Crippen molar-refractivity contribution in [3.8, 4) is 6.07 Å². The number of anilines is 1. The van der Waals surface area contributed by atoms with Crippen molar-refractivity contribution in [1.29, 1.82) is 5.26 Å². The highest BCUT2D eigenvalue weighted by Crippen LogP contribution is 2.18. The molecule has 0 saturated carbocycles. The lowest BCUT2D eigenvalue weighted by Crippen LogP contribution is -2.15. The molecular formula is C15H16N4O. The number of hydrogen-bond acceptors (Lipinski definition) is 3. The van der Waals surface area contributed by atoms with Crippen LogP contribution in [-0.4, -0.2) is 15.7 Å². The third kappa shape index (κ3) is 2.41. The summed E-state index contributed by atoms with van der Waals surface area (Å²) in [6.07, 6.45) is 0. The number of carbonyl (C=O) groups excluding carboxylic acids is 1. The van der Waals surface area contributed by atoms with Crippen molar-refractivity contribution < 1.29 is 4.79 Å². The quantitative estimate of drug-likeness (QED) is 0.930. The Morgan fingerprint density at radius 2 is 2.10 bits per heavy atom. The molecule has 0 spiro atoms. The van der Waals surface area contributed by atoms with Crippen molar-refractivity contribution in [3.63, 3.8) is 0 Å². The Morgan fingerprint density at radius 3 is 2.70 bits per heavy atom. The minimum atomic E-state index is -0.234. The molecule has 1 aromatic heterocycles. The van der Waals surface area contributed by atoms with Gasteiger partial charge in [0.1, 0.15) is 6.07 Å². The zero-order chi connectivity index (χ0) is 14.7. The van der Waals surface area contributed by atoms with Gasteiger partial charge in [-0.1, -0.05) is 12.1 Å². The maximum atomic E-state index is 12.4. The van der Waals surface area contributed by atoms with E-state index in [1.165, 1.54) is 0 Å². The first kappa shape index (κ1) is 13.8. The summed E-state index contributed by atoms with van der Waals surface area (Å²) in [6, 6.07) is 8.99. The fourth-order valence-corrected chi connectivity index (χ4v) is 2.21. The summed E-state index contributed by atoms with van der Waals surface area (Å²) >= 11 is 0. The maximum Gasteiger partial charge on any atom is 0.259 e. The number of aromatic nitrogens is 2. The minimum Gasteiger partial charge on any atom is -0.321 e. The number of carbonyl (C=O) groups is 1. The van der Waals surface area contributed by atoms with Crippen molar-refractivity contribution in [2.75, 3.05) is 5.32 Å². The van der Waals surface area contributed by atoms with Gasteiger partial charge in [-0.15, -0.1) is 0 Å². The lowest BCUT2D eigenvalue weighted by Gasteiger charge is -2.07. The Bertz CT molecular complexity index is 694. The van der Waals surface area contributed by atoms with E-state index in [-0.39, 0.29) is 5.91 Å². The van der Waals surface area contributed by atoms with Gasteiger partial charge in [0.25, 0.3) is 5.91 Å². The highest BCUT2D eigenvalue weighted by Gasteiger charge is 2.18. The summed E-state index contributed by atoms with van der Waals surface area (Å²) in [7, 11) is 0. The number of hydrogen-bond donors (Lipinski definition) is 1. The molecule has 0 bridgehead atoms. The third-order valence-electron chi connectivity index (χ3n) is 3.20. The van der Waals surface area contributed by atoms with Gasteiger partial charge in [-0.2, -0.15) is 10.4 Å². The molecule has 5 nitrogen and oxygen atoms in total. The summed E-state index contributed by atoms with van der Waals surface area (Å²) in [5.74, 6) is -0.234. The van der Waals surface area contributed by atoms with E-state index < -0.39 is 0 Å². The maximum absolute atomic E-state index is 12.4. The molecule has 0 aliphatic rings. The van der Waals surface area contributed by atoms with Crippen molar-refractivity contribution in [2.45, 2.75) is 27.3 Å². The molecule has 5 heteroatoms. The van der Waals surface area contributed by atoms with Gasteiger partial charge in [0.05, 0.1) is 22.5 Å². The second-order valence-electron chi connectivity index (χ2n) is 4.47. The second-order valence-corrected chi connectivity index (χ2v) is 4.47. The van der Waals surface area contributed by atoms with Crippen LogP contribution in [0.4, 0.5) is 5.69 Å². The summed E-state index contributed by atoms with van der Waals surface area (Å²) in [4.78, 5) is 12.4. The zero-order valence-electron chi connectivity index (χ0n) is 11.8. The van der Waals surface area contributed by atoms with Crippen LogP contribution in [0.5, 0.6) is 0 Å². The predicted octanol–water partition coefficient (Wildman–Crippen LogP) is 2.64. The molecule has 0 saturated heterocycles. The van der Waals surface area contributed by atoms with E-state index in [0.717, 1.165) is 5.69 Å². The van der Waals surface area contributed by atoms with Gasteiger partial charge in [0, 0.05) is 12.2 Å². The molecular weight excluding hydrogens is 252 g/mol. The summed E-state index contributed by atoms with van der Waals surface area (Å²) < 4.78 is 1.79. The SMILES string of the molecule is CCn1nc(C)c(C(=O)Nc2ccccc2C#N)c1C. The average Bonchev–Trinajstić information content (AvgIpc) is 2.73. The molecule has 0 aliphatic heterocycles. The molecule has 0 unspecified atom stereocenters. The fourth-order valence-electron chi connectivity index (χ4n) is 2.21. The molecule has 2 aromatic rings. The Hall–Kier alpha value is -2.61. The van der Waals surface area contributed by atoms with Gasteiger partial charge in [0.2, 0.25) is 0 Å². The van der Waals surface area contributed by atoms with Crippen LogP contribution in [0.15, 0.2) is 24.3 Å². The van der Waals surface area contributed by atoms with Gasteiger partial charge in [-0.25, -0.2) is 0 Å². The van der Waals surface area contributed by atoms with E-state index in [1.807, 2.05) is 20.8 Å². The largest absolute Gasteiger partial charge is 0.321 e. The average molecular weight is 268 g/mol. The van der Waals surface area contributed by atoms with Gasteiger partial charge in [-0.05, 0) is 32.9 Å². The van der Waals surface area contributed by atoms with Crippen molar-refractivity contribution in [2.24, 2.45) is 0 Å². The van der Waals surface area contributed by atoms with Crippen LogP contribution in [0, 0.1) is 25.2 Å². The first-order valence-corrected chi connectivity index (χ1v) is 6.43. The molecule has 1 amide bonds. The van der Waals surface area contributed by atoms with Crippen LogP contribution in [0.3, 0.4) is 0 Å². The predicted molar refractivity (Wildman–Crippen MR) is 76.5 cm³/mol. The summed E-state index contributed by atoms with van der Waals surface area (Å²) in [5.41, 5.74) is 3.05. The summed E-state index contributed by atoms with van der Waals surface area (Å²) in [5, 5.41) is 16.1. The van der Waals surface area contributed by atoms with Gasteiger partial charge in [0.15, 0.2) is 0 Å². The number of aryl methyl sites for hydroxylation is 2. The minimum absolute atomic E-state index is 0.234. The van der Waals surface area contributed by atoms with E-state index in [4.69, 9.17) is 5.26 Å². The van der Waals surface area contributed by atoms with Crippen LogP contribution < -0.4 is 5.32 Å². The number of para-hydroxylation sites is 1. The zero-order valence-corrected chi connectivity index (χ0v) is 11.8. The van der Waals surface area contributed by atoms with E-state index in [2.05, 4.69) is 16.5 Å². The highest BCUT2D eigenvalue weighted by molar-refractivity contribution is 6.06. The smallest absolute Gasteiger partial charge is 0.259 e. The number of nitrogens with one attached hydrogen (secondary N) is 1. The molecule has 1 heterocycles. The van der Waals surface area contributed by atoms with E-state index in [0.29, 0.717) is 29.1 Å². The number of rotatable bonds is 3. The number of amides is 1. The van der Waals surface area contributed by atoms with E-state index in [1.54, 1.807) is 28.9 Å². The monoisotopic (exact) mass is 268 g/mol. The Labute approximate surface area is 117 Å². The Balaban J connectivity index is 2.34. The van der Waals surface area contributed by atoms with Crippen molar-refractivity contribution in [1.82, 2.24) is 9.78 Å². The lowest BCUT2D eigenvalue weighted by molar-refractivity contribution is 0.102. The van der Waals surface area contributed by atoms with Gasteiger partial charge in [-0.3, -0.25) is 9.48 Å². The molecule has 0 aliphatic carbocycles. The number of nitrogens with zero attached hydrogens (tertiary/aromatic N) is 3. The molecule has 0 atom stereocenters. The Kier molecular flexibility index (Phi) is 3.85. The Morgan fingerprint density at radius 1 is 1.40 bits per heavy atom. The normalized spacial score (nSPS) is 10.1. The topological polar surface area (TPSA) is 70.7 Å². The van der Waals surface area contributed by atoms with Crippen LogP contribution in [0.25, 0.3) is 0 Å². The van der Waals surface area contributed by atoms with E-state index >= 15 is 0 Å². The fraction of sp³-hybridized carbons (Fsp3) is 0.267.